The molecule has 2 saturated carbocycles. The summed E-state index contributed by atoms with van der Waals surface area (Å²) < 4.78 is 102. The van der Waals surface area contributed by atoms with Crippen LogP contribution in [0.2, 0.25) is 0 Å². The van der Waals surface area contributed by atoms with Gasteiger partial charge in [-0.2, -0.15) is 8.78 Å². The molecule has 2 aliphatic rings. The molecule has 0 atom stereocenters. The summed E-state index contributed by atoms with van der Waals surface area (Å²) in [5.74, 6) is -5.97. The van der Waals surface area contributed by atoms with Crippen LogP contribution in [0, 0.1) is 29.4 Å². The maximum Gasteiger partial charge on any atom is 0.573 e. The van der Waals surface area contributed by atoms with Crippen molar-refractivity contribution in [3.63, 3.8) is 0 Å². The van der Waals surface area contributed by atoms with Crippen LogP contribution in [0.25, 0.3) is 0 Å². The molecule has 2 nitrogen and oxygen atoms in total. The molecule has 0 aromatic heterocycles. The molecule has 0 amide bonds. The fraction of sp³-hybridized carbons (Fsp3) is 0.533. The van der Waals surface area contributed by atoms with Gasteiger partial charge in [0.15, 0.2) is 11.6 Å². The molecule has 2 fully saturated rings. The van der Waals surface area contributed by atoms with Crippen LogP contribution < -0.4 is 9.47 Å². The molecule has 2 aromatic rings. The third-order valence-electron chi connectivity index (χ3n) is 8.17. The van der Waals surface area contributed by atoms with Gasteiger partial charge in [0, 0.05) is 12.1 Å². The van der Waals surface area contributed by atoms with E-state index in [1.165, 1.54) is 11.1 Å². The summed E-state index contributed by atoms with van der Waals surface area (Å²) >= 11 is 0. The van der Waals surface area contributed by atoms with Crippen molar-refractivity contribution >= 4 is 0 Å². The van der Waals surface area contributed by atoms with Crippen LogP contribution >= 0.6 is 0 Å². The molecule has 214 valence electrons. The van der Waals surface area contributed by atoms with Gasteiger partial charge in [-0.3, -0.25) is 0 Å². The van der Waals surface area contributed by atoms with Gasteiger partial charge in [-0.1, -0.05) is 36.4 Å². The summed E-state index contributed by atoms with van der Waals surface area (Å²) in [5.41, 5.74) is 2.63. The molecule has 39 heavy (non-hydrogen) atoms. The van der Waals surface area contributed by atoms with E-state index in [1.807, 2.05) is 13.0 Å². The summed E-state index contributed by atoms with van der Waals surface area (Å²) in [6.45, 7) is 2.01. The lowest BCUT2D eigenvalue weighted by Crippen LogP contribution is -2.38. The lowest BCUT2D eigenvalue weighted by molar-refractivity contribution is -0.276. The quantitative estimate of drug-likeness (QED) is 0.237. The predicted molar refractivity (Wildman–Crippen MR) is 134 cm³/mol. The third-order valence-corrected chi connectivity index (χ3v) is 8.17. The highest BCUT2D eigenvalue weighted by Gasteiger charge is 2.45. The SMILES string of the molecule is C/C=C\Cc1ccc(C2CCC(C3CCC(C(F)(F)Oc4cc(F)c(OC(F)(F)F)c(F)c4)CC3)CC2)cc1. The Bertz CT molecular complexity index is 1090. The van der Waals surface area contributed by atoms with Crippen molar-refractivity contribution in [2.24, 2.45) is 17.8 Å². The van der Waals surface area contributed by atoms with Crippen molar-refractivity contribution in [1.29, 1.82) is 0 Å². The first-order chi connectivity index (χ1) is 18.4. The van der Waals surface area contributed by atoms with Crippen molar-refractivity contribution < 1.29 is 40.2 Å². The first kappa shape index (κ1) is 29.3. The zero-order valence-corrected chi connectivity index (χ0v) is 21.8. The minimum absolute atomic E-state index is 0.200. The smallest absolute Gasteiger partial charge is 0.432 e. The van der Waals surface area contributed by atoms with Crippen LogP contribution in [0.1, 0.15) is 75.3 Å². The number of hydrogen-bond acceptors (Lipinski definition) is 2. The predicted octanol–water partition coefficient (Wildman–Crippen LogP) is 9.73. The van der Waals surface area contributed by atoms with Crippen molar-refractivity contribution in [2.45, 2.75) is 83.1 Å². The molecule has 0 heterocycles. The Hall–Kier alpha value is -2.71. The normalized spacial score (nSPS) is 24.6. The monoisotopic (exact) mass is 558 g/mol. The molecule has 0 aliphatic heterocycles. The van der Waals surface area contributed by atoms with E-state index in [2.05, 4.69) is 39.8 Å². The molecule has 4 rings (SSSR count). The van der Waals surface area contributed by atoms with Gasteiger partial charge < -0.3 is 9.47 Å². The van der Waals surface area contributed by atoms with Crippen LogP contribution in [0.15, 0.2) is 48.6 Å². The van der Waals surface area contributed by atoms with Crippen LogP contribution in [0.5, 0.6) is 11.5 Å². The summed E-state index contributed by atoms with van der Waals surface area (Å²) in [4.78, 5) is 0. The average molecular weight is 559 g/mol. The molecule has 2 aliphatic carbocycles. The number of halogens is 7. The minimum atomic E-state index is -5.33. The summed E-state index contributed by atoms with van der Waals surface area (Å²) in [7, 11) is 0. The number of ether oxygens (including phenoxy) is 2. The van der Waals surface area contributed by atoms with Crippen LogP contribution in [0.4, 0.5) is 30.7 Å². The Balaban J connectivity index is 1.27. The standard InChI is InChI=1S/C30H33F7O2/c1-2-3-4-19-5-7-20(8-6-19)21-9-11-22(12-10-21)23-13-15-24(16-14-23)29(33,34)38-25-17-26(31)28(27(32)18-25)39-30(35,36)37/h2-3,5-8,17-18,21-24H,4,9-16H2,1H3/b3-2-. The average Bonchev–Trinajstić information content (AvgIpc) is 2.89. The molecular formula is C30H33F7O2. The second kappa shape index (κ2) is 12.2. The van der Waals surface area contributed by atoms with Gasteiger partial charge in [0.1, 0.15) is 5.75 Å². The number of allylic oxidation sites excluding steroid dienone is 2. The number of hydrogen-bond donors (Lipinski definition) is 0. The van der Waals surface area contributed by atoms with Gasteiger partial charge >= 0.3 is 12.5 Å². The highest BCUT2D eigenvalue weighted by molar-refractivity contribution is 5.35. The molecule has 0 saturated heterocycles. The summed E-state index contributed by atoms with van der Waals surface area (Å²) in [6, 6.07) is 9.34. The van der Waals surface area contributed by atoms with Crippen LogP contribution in [-0.4, -0.2) is 12.5 Å². The van der Waals surface area contributed by atoms with Crippen molar-refractivity contribution in [3.05, 3.63) is 71.3 Å². The second-order valence-corrected chi connectivity index (χ2v) is 10.7. The zero-order chi connectivity index (χ0) is 28.2. The van der Waals surface area contributed by atoms with E-state index in [0.29, 0.717) is 30.6 Å². The van der Waals surface area contributed by atoms with Gasteiger partial charge in [-0.05, 0) is 93.6 Å². The fourth-order valence-electron chi connectivity index (χ4n) is 6.08. The number of rotatable bonds is 8. The largest absolute Gasteiger partial charge is 0.573 e. The Morgan fingerprint density at radius 2 is 1.31 bits per heavy atom. The van der Waals surface area contributed by atoms with E-state index in [-0.39, 0.29) is 25.0 Å². The summed E-state index contributed by atoms with van der Waals surface area (Å²) in [6.07, 6.45) is 1.92. The van der Waals surface area contributed by atoms with Crippen molar-refractivity contribution in [1.82, 2.24) is 0 Å². The Labute approximate surface area is 224 Å². The second-order valence-electron chi connectivity index (χ2n) is 10.7. The topological polar surface area (TPSA) is 18.5 Å². The van der Waals surface area contributed by atoms with E-state index in [0.717, 1.165) is 32.1 Å². The lowest BCUT2D eigenvalue weighted by atomic mass is 9.68. The maximum absolute atomic E-state index is 14.9. The third kappa shape index (κ3) is 7.70. The first-order valence-electron chi connectivity index (χ1n) is 13.5. The van der Waals surface area contributed by atoms with Gasteiger partial charge in [0.2, 0.25) is 5.75 Å². The molecule has 0 radical (unpaired) electrons. The molecule has 0 bridgehead atoms. The van der Waals surface area contributed by atoms with Gasteiger partial charge in [0.25, 0.3) is 0 Å². The maximum atomic E-state index is 14.9. The molecule has 0 spiro atoms. The van der Waals surface area contributed by atoms with Gasteiger partial charge in [0.05, 0.1) is 5.92 Å². The van der Waals surface area contributed by atoms with Gasteiger partial charge in [-0.15, -0.1) is 13.2 Å². The molecule has 2 aromatic carbocycles. The van der Waals surface area contributed by atoms with E-state index in [9.17, 15) is 30.7 Å². The zero-order valence-electron chi connectivity index (χ0n) is 21.8. The molecule has 9 heteroatoms. The Kier molecular flexibility index (Phi) is 9.17. The van der Waals surface area contributed by atoms with E-state index >= 15 is 0 Å². The lowest BCUT2D eigenvalue weighted by Gasteiger charge is -2.39. The molecule has 0 N–H and O–H groups in total. The van der Waals surface area contributed by atoms with Gasteiger partial charge in [-0.25, -0.2) is 8.78 Å². The molecular weight excluding hydrogens is 525 g/mol. The number of alkyl halides is 5. The Morgan fingerprint density at radius 3 is 1.82 bits per heavy atom. The van der Waals surface area contributed by atoms with Crippen LogP contribution in [0.3, 0.4) is 0 Å². The fourth-order valence-corrected chi connectivity index (χ4v) is 6.08. The van der Waals surface area contributed by atoms with E-state index in [4.69, 9.17) is 0 Å². The molecule has 0 unspecified atom stereocenters. The van der Waals surface area contributed by atoms with Crippen LogP contribution in [-0.2, 0) is 6.42 Å². The van der Waals surface area contributed by atoms with E-state index in [1.54, 1.807) is 0 Å². The highest BCUT2D eigenvalue weighted by Crippen LogP contribution is 2.47. The van der Waals surface area contributed by atoms with Crippen molar-refractivity contribution in [2.75, 3.05) is 0 Å². The summed E-state index contributed by atoms with van der Waals surface area (Å²) in [5, 5.41) is 0. The Morgan fingerprint density at radius 1 is 0.769 bits per heavy atom. The first-order valence-corrected chi connectivity index (χ1v) is 13.5. The minimum Gasteiger partial charge on any atom is -0.432 e. The van der Waals surface area contributed by atoms with Crippen molar-refractivity contribution in [3.8, 4) is 11.5 Å². The van der Waals surface area contributed by atoms with E-state index < -0.39 is 41.5 Å². The highest BCUT2D eigenvalue weighted by atomic mass is 19.4. The number of benzene rings is 2.